The van der Waals surface area contributed by atoms with Crippen LogP contribution in [0.15, 0.2) is 90.0 Å². The number of phenols is 1. The number of nitrogens with zero attached hydrogens (tertiary/aromatic N) is 1. The summed E-state index contributed by atoms with van der Waals surface area (Å²) in [5.74, 6) is -0.501. The first kappa shape index (κ1) is 16.5. The highest BCUT2D eigenvalue weighted by Gasteiger charge is 2.22. The lowest BCUT2D eigenvalue weighted by atomic mass is 9.91. The number of rotatable bonds is 5. The maximum absolute atomic E-state index is 12.7. The van der Waals surface area contributed by atoms with Crippen molar-refractivity contribution in [2.24, 2.45) is 5.10 Å². The molecule has 0 aliphatic heterocycles. The Bertz CT molecular complexity index is 822. The second-order valence-corrected chi connectivity index (χ2v) is 5.58. The summed E-state index contributed by atoms with van der Waals surface area (Å²) in [5, 5.41) is 13.5. The molecule has 0 unspecified atom stereocenters. The maximum Gasteiger partial charge on any atom is 0.252 e. The highest BCUT2D eigenvalue weighted by atomic mass is 16.3. The fourth-order valence-electron chi connectivity index (χ4n) is 2.63. The van der Waals surface area contributed by atoms with Gasteiger partial charge in [-0.15, -0.1) is 0 Å². The molecule has 0 aliphatic rings. The van der Waals surface area contributed by atoms with E-state index >= 15 is 0 Å². The van der Waals surface area contributed by atoms with E-state index in [9.17, 15) is 9.90 Å². The standard InChI is InChI=1S/C21H18N2O2/c24-19-13-7-8-16(14-19)15-22-23-21(25)20(17-9-3-1-4-10-17)18-11-5-2-6-12-18/h1-15,20,24H,(H,23,25)/b22-15-. The van der Waals surface area contributed by atoms with Crippen molar-refractivity contribution in [2.75, 3.05) is 0 Å². The van der Waals surface area contributed by atoms with Crippen LogP contribution < -0.4 is 5.43 Å². The lowest BCUT2D eigenvalue weighted by Crippen LogP contribution is -2.26. The van der Waals surface area contributed by atoms with Gasteiger partial charge in [-0.2, -0.15) is 5.10 Å². The lowest BCUT2D eigenvalue weighted by Gasteiger charge is -2.16. The molecule has 25 heavy (non-hydrogen) atoms. The van der Waals surface area contributed by atoms with Crippen LogP contribution in [-0.4, -0.2) is 17.2 Å². The van der Waals surface area contributed by atoms with Crippen LogP contribution in [0, 0.1) is 0 Å². The summed E-state index contributed by atoms with van der Waals surface area (Å²) in [6.45, 7) is 0. The molecule has 0 atom stereocenters. The Kier molecular flexibility index (Phi) is 5.22. The van der Waals surface area contributed by atoms with Crippen molar-refractivity contribution in [3.05, 3.63) is 102 Å². The molecule has 0 saturated carbocycles. The summed E-state index contributed by atoms with van der Waals surface area (Å²) in [6.07, 6.45) is 1.50. The van der Waals surface area contributed by atoms with E-state index < -0.39 is 5.92 Å². The van der Waals surface area contributed by atoms with Gasteiger partial charge >= 0.3 is 0 Å². The minimum atomic E-state index is -0.441. The number of benzene rings is 3. The van der Waals surface area contributed by atoms with Crippen LogP contribution in [0.5, 0.6) is 5.75 Å². The smallest absolute Gasteiger partial charge is 0.252 e. The van der Waals surface area contributed by atoms with E-state index in [1.807, 2.05) is 60.7 Å². The fraction of sp³-hybridized carbons (Fsp3) is 0.0476. The molecule has 3 rings (SSSR count). The molecule has 0 heterocycles. The Labute approximate surface area is 146 Å². The molecule has 0 aliphatic carbocycles. The number of aromatic hydroxyl groups is 1. The van der Waals surface area contributed by atoms with E-state index in [-0.39, 0.29) is 11.7 Å². The van der Waals surface area contributed by atoms with Crippen LogP contribution >= 0.6 is 0 Å². The number of hydrogen-bond donors (Lipinski definition) is 2. The first-order chi connectivity index (χ1) is 12.2. The van der Waals surface area contributed by atoms with Gasteiger partial charge in [0.1, 0.15) is 5.75 Å². The molecule has 1 amide bonds. The Morgan fingerprint density at radius 3 is 2.04 bits per heavy atom. The second-order valence-electron chi connectivity index (χ2n) is 5.58. The molecular weight excluding hydrogens is 312 g/mol. The van der Waals surface area contributed by atoms with Gasteiger partial charge in [0.15, 0.2) is 0 Å². The third-order valence-corrected chi connectivity index (χ3v) is 3.79. The topological polar surface area (TPSA) is 61.7 Å². The van der Waals surface area contributed by atoms with Gasteiger partial charge in [-0.05, 0) is 28.8 Å². The summed E-state index contributed by atoms with van der Waals surface area (Å²) >= 11 is 0. The highest BCUT2D eigenvalue weighted by molar-refractivity contribution is 5.88. The van der Waals surface area contributed by atoms with Gasteiger partial charge < -0.3 is 5.11 Å². The minimum Gasteiger partial charge on any atom is -0.508 e. The van der Waals surface area contributed by atoms with Crippen LogP contribution in [0.1, 0.15) is 22.6 Å². The predicted octanol–water partition coefficient (Wildman–Crippen LogP) is 3.67. The third-order valence-electron chi connectivity index (χ3n) is 3.79. The number of amides is 1. The molecule has 124 valence electrons. The van der Waals surface area contributed by atoms with E-state index in [2.05, 4.69) is 10.5 Å². The van der Waals surface area contributed by atoms with Gasteiger partial charge in [-0.1, -0.05) is 72.8 Å². The van der Waals surface area contributed by atoms with Crippen LogP contribution in [0.3, 0.4) is 0 Å². The molecule has 0 fully saturated rings. The number of nitrogens with one attached hydrogen (secondary N) is 1. The van der Waals surface area contributed by atoms with Gasteiger partial charge in [-0.25, -0.2) is 5.43 Å². The Morgan fingerprint density at radius 2 is 1.48 bits per heavy atom. The zero-order valence-electron chi connectivity index (χ0n) is 13.5. The molecule has 3 aromatic rings. The largest absolute Gasteiger partial charge is 0.508 e. The Balaban J connectivity index is 1.80. The molecule has 0 radical (unpaired) electrons. The summed E-state index contributed by atoms with van der Waals surface area (Å²) in [5.41, 5.74) is 5.10. The maximum atomic E-state index is 12.7. The van der Waals surface area contributed by atoms with Crippen LogP contribution in [0.25, 0.3) is 0 Å². The molecule has 4 heteroatoms. The quantitative estimate of drug-likeness (QED) is 0.554. The van der Waals surface area contributed by atoms with Crippen molar-refractivity contribution in [1.82, 2.24) is 5.43 Å². The van der Waals surface area contributed by atoms with Gasteiger partial charge in [-0.3, -0.25) is 4.79 Å². The van der Waals surface area contributed by atoms with Crippen molar-refractivity contribution >= 4 is 12.1 Å². The molecule has 4 nitrogen and oxygen atoms in total. The molecule has 0 aromatic heterocycles. The fourth-order valence-corrected chi connectivity index (χ4v) is 2.63. The van der Waals surface area contributed by atoms with Crippen molar-refractivity contribution in [1.29, 1.82) is 0 Å². The average Bonchev–Trinajstić information content (AvgIpc) is 2.64. The first-order valence-electron chi connectivity index (χ1n) is 7.96. The summed E-state index contributed by atoms with van der Waals surface area (Å²) in [7, 11) is 0. The van der Waals surface area contributed by atoms with E-state index in [0.717, 1.165) is 11.1 Å². The van der Waals surface area contributed by atoms with Crippen LogP contribution in [0.2, 0.25) is 0 Å². The zero-order valence-corrected chi connectivity index (χ0v) is 13.5. The van der Waals surface area contributed by atoms with E-state index in [4.69, 9.17) is 0 Å². The highest BCUT2D eigenvalue weighted by Crippen LogP contribution is 2.24. The average molecular weight is 330 g/mol. The SMILES string of the molecule is O=C(N/N=C\c1cccc(O)c1)C(c1ccccc1)c1ccccc1. The number of phenolic OH excluding ortho intramolecular Hbond substituents is 1. The molecule has 3 aromatic carbocycles. The first-order valence-corrected chi connectivity index (χ1v) is 7.96. The van der Waals surface area contributed by atoms with Gasteiger partial charge in [0, 0.05) is 0 Å². The number of hydrazone groups is 1. The summed E-state index contributed by atoms with van der Waals surface area (Å²) in [6, 6.07) is 25.9. The van der Waals surface area contributed by atoms with Crippen molar-refractivity contribution < 1.29 is 9.90 Å². The molecular formula is C21H18N2O2. The van der Waals surface area contributed by atoms with E-state index in [1.54, 1.807) is 24.3 Å². The number of hydrogen-bond acceptors (Lipinski definition) is 3. The third kappa shape index (κ3) is 4.32. The van der Waals surface area contributed by atoms with Crippen LogP contribution in [0.4, 0.5) is 0 Å². The van der Waals surface area contributed by atoms with Gasteiger partial charge in [0.2, 0.25) is 0 Å². The van der Waals surface area contributed by atoms with Crippen molar-refractivity contribution in [2.45, 2.75) is 5.92 Å². The van der Waals surface area contributed by atoms with E-state index in [1.165, 1.54) is 6.21 Å². The minimum absolute atomic E-state index is 0.154. The summed E-state index contributed by atoms with van der Waals surface area (Å²) < 4.78 is 0. The van der Waals surface area contributed by atoms with E-state index in [0.29, 0.717) is 5.56 Å². The van der Waals surface area contributed by atoms with Crippen molar-refractivity contribution in [3.63, 3.8) is 0 Å². The number of carbonyl (C=O) groups is 1. The van der Waals surface area contributed by atoms with Crippen LogP contribution in [-0.2, 0) is 4.79 Å². The van der Waals surface area contributed by atoms with Crippen molar-refractivity contribution in [3.8, 4) is 5.75 Å². The predicted molar refractivity (Wildman–Crippen MR) is 98.6 cm³/mol. The Morgan fingerprint density at radius 1 is 0.880 bits per heavy atom. The molecule has 0 saturated heterocycles. The zero-order chi connectivity index (χ0) is 17.5. The Hall–Kier alpha value is -3.40. The van der Waals surface area contributed by atoms with Gasteiger partial charge in [0.25, 0.3) is 5.91 Å². The molecule has 0 bridgehead atoms. The monoisotopic (exact) mass is 330 g/mol. The molecule has 0 spiro atoms. The van der Waals surface area contributed by atoms with Gasteiger partial charge in [0.05, 0.1) is 12.1 Å². The lowest BCUT2D eigenvalue weighted by molar-refractivity contribution is -0.121. The summed E-state index contributed by atoms with van der Waals surface area (Å²) in [4.78, 5) is 12.7. The normalized spacial score (nSPS) is 10.9. The second kappa shape index (κ2) is 7.93. The molecule has 2 N–H and O–H groups in total. The number of carbonyl (C=O) groups excluding carboxylic acids is 1.